The molecule has 0 radical (unpaired) electrons. The van der Waals surface area contributed by atoms with Gasteiger partial charge in [0.05, 0.1) is 0 Å². The molecule has 18 heavy (non-hydrogen) atoms. The Bertz CT molecular complexity index is 511. The molecule has 0 atom stereocenters. The molecule has 0 bridgehead atoms. The smallest absolute Gasteiger partial charge is 0.128 e. The zero-order valence-corrected chi connectivity index (χ0v) is 11.9. The van der Waals surface area contributed by atoms with Crippen LogP contribution in [0, 0.1) is 0 Å². The summed E-state index contributed by atoms with van der Waals surface area (Å²) in [5.41, 5.74) is 8.17. The summed E-state index contributed by atoms with van der Waals surface area (Å²) in [6.45, 7) is 1.37. The molecule has 2 N–H and O–H groups in total. The molecule has 1 aromatic heterocycles. The molecule has 0 aliphatic carbocycles. The van der Waals surface area contributed by atoms with Gasteiger partial charge in [0.2, 0.25) is 0 Å². The molecule has 0 aliphatic heterocycles. The quantitative estimate of drug-likeness (QED) is 0.944. The Morgan fingerprint density at radius 3 is 2.50 bits per heavy atom. The molecule has 0 unspecified atom stereocenters. The van der Waals surface area contributed by atoms with Crippen molar-refractivity contribution in [3.05, 3.63) is 58.2 Å². The number of nitrogens with two attached hydrogens (primary N) is 1. The number of nitrogens with zero attached hydrogens (tertiary/aromatic N) is 2. The van der Waals surface area contributed by atoms with Crippen LogP contribution in [0.3, 0.4) is 0 Å². The number of hydrogen-bond donors (Lipinski definition) is 1. The summed E-state index contributed by atoms with van der Waals surface area (Å²) < 4.78 is 0.988. The molecule has 0 fully saturated rings. The molecular weight excluding hydrogens is 290 g/mol. The van der Waals surface area contributed by atoms with Crippen LogP contribution in [0.4, 0.5) is 5.82 Å². The Morgan fingerprint density at radius 1 is 1.17 bits per heavy atom. The summed E-state index contributed by atoms with van der Waals surface area (Å²) in [5.74, 6) is 0.949. The van der Waals surface area contributed by atoms with Crippen molar-refractivity contribution in [2.24, 2.45) is 5.73 Å². The predicted molar refractivity (Wildman–Crippen MR) is 78.4 cm³/mol. The Morgan fingerprint density at radius 2 is 1.89 bits per heavy atom. The first-order chi connectivity index (χ1) is 8.70. The van der Waals surface area contributed by atoms with E-state index < -0.39 is 0 Å². The highest BCUT2D eigenvalue weighted by Crippen LogP contribution is 2.17. The third-order valence-corrected chi connectivity index (χ3v) is 3.32. The lowest BCUT2D eigenvalue weighted by Gasteiger charge is -2.19. The van der Waals surface area contributed by atoms with E-state index in [9.17, 15) is 0 Å². The average molecular weight is 306 g/mol. The van der Waals surface area contributed by atoms with Gasteiger partial charge < -0.3 is 10.6 Å². The number of rotatable bonds is 4. The van der Waals surface area contributed by atoms with E-state index in [0.717, 1.165) is 16.8 Å². The van der Waals surface area contributed by atoms with E-state index in [0.29, 0.717) is 6.54 Å². The number of hydrogen-bond acceptors (Lipinski definition) is 3. The zero-order chi connectivity index (χ0) is 13.0. The van der Waals surface area contributed by atoms with E-state index in [1.165, 1.54) is 11.1 Å². The van der Waals surface area contributed by atoms with Crippen molar-refractivity contribution >= 4 is 21.7 Å². The lowest BCUT2D eigenvalue weighted by molar-refractivity contribution is 0.875. The summed E-state index contributed by atoms with van der Waals surface area (Å²) in [4.78, 5) is 6.49. The SMILES string of the molecule is CN(Cc1ccccc1CN)c1ccc(Br)cn1. The summed E-state index contributed by atoms with van der Waals surface area (Å²) in [6, 6.07) is 12.2. The highest BCUT2D eigenvalue weighted by Gasteiger charge is 2.06. The molecule has 94 valence electrons. The number of pyridine rings is 1. The fourth-order valence-corrected chi connectivity index (χ4v) is 2.08. The van der Waals surface area contributed by atoms with E-state index in [1.807, 2.05) is 31.3 Å². The van der Waals surface area contributed by atoms with Gasteiger partial charge in [0.15, 0.2) is 0 Å². The molecular formula is C14H16BrN3. The van der Waals surface area contributed by atoms with Crippen molar-refractivity contribution in [2.75, 3.05) is 11.9 Å². The van der Waals surface area contributed by atoms with Crippen LogP contribution < -0.4 is 10.6 Å². The van der Waals surface area contributed by atoms with Crippen LogP contribution in [-0.2, 0) is 13.1 Å². The van der Waals surface area contributed by atoms with Gasteiger partial charge in [-0.05, 0) is 39.2 Å². The number of aromatic nitrogens is 1. The van der Waals surface area contributed by atoms with Gasteiger partial charge in [-0.3, -0.25) is 0 Å². The second-order valence-corrected chi connectivity index (χ2v) is 5.08. The molecule has 1 aromatic carbocycles. The van der Waals surface area contributed by atoms with E-state index in [2.05, 4.69) is 37.9 Å². The topological polar surface area (TPSA) is 42.1 Å². The minimum Gasteiger partial charge on any atom is -0.355 e. The van der Waals surface area contributed by atoms with Gasteiger partial charge >= 0.3 is 0 Å². The van der Waals surface area contributed by atoms with Crippen molar-refractivity contribution in [2.45, 2.75) is 13.1 Å². The lowest BCUT2D eigenvalue weighted by Crippen LogP contribution is -2.19. The molecule has 2 aromatic rings. The fourth-order valence-electron chi connectivity index (χ4n) is 1.84. The van der Waals surface area contributed by atoms with Crippen LogP contribution in [0.2, 0.25) is 0 Å². The maximum Gasteiger partial charge on any atom is 0.128 e. The molecule has 0 amide bonds. The van der Waals surface area contributed by atoms with Gasteiger partial charge in [-0.1, -0.05) is 24.3 Å². The van der Waals surface area contributed by atoms with Crippen molar-refractivity contribution in [1.82, 2.24) is 4.98 Å². The molecule has 4 heteroatoms. The van der Waals surface area contributed by atoms with E-state index in [1.54, 1.807) is 6.20 Å². The van der Waals surface area contributed by atoms with E-state index in [4.69, 9.17) is 5.73 Å². The van der Waals surface area contributed by atoms with Gasteiger partial charge in [-0.25, -0.2) is 4.98 Å². The largest absolute Gasteiger partial charge is 0.355 e. The van der Waals surface area contributed by atoms with Crippen molar-refractivity contribution in [3.63, 3.8) is 0 Å². The van der Waals surface area contributed by atoms with Gasteiger partial charge in [0.1, 0.15) is 5.82 Å². The molecule has 2 rings (SSSR count). The average Bonchev–Trinajstić information content (AvgIpc) is 2.40. The maximum atomic E-state index is 5.74. The standard InChI is InChI=1S/C14H16BrN3/c1-18(14-7-6-13(15)9-17-14)10-12-5-3-2-4-11(12)8-16/h2-7,9H,8,10,16H2,1H3. The monoisotopic (exact) mass is 305 g/mol. The van der Waals surface area contributed by atoms with Crippen molar-refractivity contribution < 1.29 is 0 Å². The fraction of sp³-hybridized carbons (Fsp3) is 0.214. The summed E-state index contributed by atoms with van der Waals surface area (Å²) in [6.07, 6.45) is 1.81. The van der Waals surface area contributed by atoms with E-state index >= 15 is 0 Å². The maximum absolute atomic E-state index is 5.74. The minimum absolute atomic E-state index is 0.567. The second-order valence-electron chi connectivity index (χ2n) is 4.16. The molecule has 0 saturated heterocycles. The zero-order valence-electron chi connectivity index (χ0n) is 10.3. The lowest BCUT2D eigenvalue weighted by atomic mass is 10.1. The van der Waals surface area contributed by atoms with Crippen LogP contribution >= 0.6 is 15.9 Å². The van der Waals surface area contributed by atoms with Crippen LogP contribution in [0.15, 0.2) is 47.1 Å². The second kappa shape index (κ2) is 5.98. The predicted octanol–water partition coefficient (Wildman–Crippen LogP) is 2.94. The molecule has 3 nitrogen and oxygen atoms in total. The van der Waals surface area contributed by atoms with Crippen LogP contribution in [-0.4, -0.2) is 12.0 Å². The normalized spacial score (nSPS) is 10.4. The molecule has 0 spiro atoms. The third-order valence-electron chi connectivity index (χ3n) is 2.85. The van der Waals surface area contributed by atoms with Crippen molar-refractivity contribution in [1.29, 1.82) is 0 Å². The van der Waals surface area contributed by atoms with Crippen LogP contribution in [0.25, 0.3) is 0 Å². The van der Waals surface area contributed by atoms with Crippen LogP contribution in [0.1, 0.15) is 11.1 Å². The summed E-state index contributed by atoms with van der Waals surface area (Å²) in [5, 5.41) is 0. The third kappa shape index (κ3) is 3.09. The van der Waals surface area contributed by atoms with E-state index in [-0.39, 0.29) is 0 Å². The van der Waals surface area contributed by atoms with Gasteiger partial charge in [0, 0.05) is 30.8 Å². The number of anilines is 1. The number of halogens is 1. The Balaban J connectivity index is 2.15. The molecule has 1 heterocycles. The Labute approximate surface area is 116 Å². The van der Waals surface area contributed by atoms with Gasteiger partial charge in [-0.15, -0.1) is 0 Å². The van der Waals surface area contributed by atoms with Gasteiger partial charge in [-0.2, -0.15) is 0 Å². The first kappa shape index (κ1) is 13.1. The molecule has 0 saturated carbocycles. The first-order valence-corrected chi connectivity index (χ1v) is 6.59. The van der Waals surface area contributed by atoms with Crippen LogP contribution in [0.5, 0.6) is 0 Å². The van der Waals surface area contributed by atoms with Crippen molar-refractivity contribution in [3.8, 4) is 0 Å². The Hall–Kier alpha value is -1.39. The highest BCUT2D eigenvalue weighted by molar-refractivity contribution is 9.10. The summed E-state index contributed by atoms with van der Waals surface area (Å²) >= 11 is 3.39. The first-order valence-electron chi connectivity index (χ1n) is 5.80. The summed E-state index contributed by atoms with van der Waals surface area (Å²) in [7, 11) is 2.03. The highest BCUT2D eigenvalue weighted by atomic mass is 79.9. The molecule has 0 aliphatic rings. The Kier molecular flexibility index (Phi) is 4.33. The number of benzene rings is 1. The van der Waals surface area contributed by atoms with Gasteiger partial charge in [0.25, 0.3) is 0 Å². The minimum atomic E-state index is 0.567.